The van der Waals surface area contributed by atoms with E-state index in [-0.39, 0.29) is 12.4 Å². The van der Waals surface area contributed by atoms with E-state index < -0.39 is 0 Å². The van der Waals surface area contributed by atoms with Crippen molar-refractivity contribution in [2.45, 2.75) is 19.4 Å². The summed E-state index contributed by atoms with van der Waals surface area (Å²) in [5, 5.41) is 5.26. The Morgan fingerprint density at radius 1 is 0.957 bits per heavy atom. The fourth-order valence-corrected chi connectivity index (χ4v) is 2.72. The van der Waals surface area contributed by atoms with Crippen LogP contribution in [0.25, 0.3) is 0 Å². The van der Waals surface area contributed by atoms with E-state index in [9.17, 15) is 0 Å². The number of rotatable bonds is 4. The van der Waals surface area contributed by atoms with Crippen LogP contribution < -0.4 is 5.43 Å². The van der Waals surface area contributed by atoms with E-state index in [1.54, 1.807) is 0 Å². The molecule has 0 radical (unpaired) electrons. The molecule has 122 valence electrons. The molecule has 1 aliphatic rings. The van der Waals surface area contributed by atoms with Gasteiger partial charge < -0.3 is 0 Å². The lowest BCUT2D eigenvalue weighted by atomic mass is 10.1. The first-order chi connectivity index (χ1) is 10.8. The van der Waals surface area contributed by atoms with Crippen LogP contribution in [0.15, 0.2) is 59.7 Å². The molecule has 1 saturated heterocycles. The molecule has 0 aliphatic carbocycles. The summed E-state index contributed by atoms with van der Waals surface area (Å²) in [5.74, 6) is 0. The molecule has 23 heavy (non-hydrogen) atoms. The fraction of sp³-hybridized carbons (Fsp3) is 0.278. The highest BCUT2D eigenvalue weighted by molar-refractivity contribution is 6.30. The Kier molecular flexibility index (Phi) is 6.90. The second-order valence-corrected chi connectivity index (χ2v) is 5.99. The monoisotopic (exact) mass is 349 g/mol. The number of halogens is 2. The maximum atomic E-state index is 5.87. The summed E-state index contributed by atoms with van der Waals surface area (Å²) >= 11 is 5.87. The van der Waals surface area contributed by atoms with E-state index in [1.807, 2.05) is 24.3 Å². The summed E-state index contributed by atoms with van der Waals surface area (Å²) in [7, 11) is 0. The van der Waals surface area contributed by atoms with Crippen LogP contribution in [-0.2, 0) is 6.54 Å². The van der Waals surface area contributed by atoms with Crippen LogP contribution in [0, 0.1) is 0 Å². The minimum absolute atomic E-state index is 0. The van der Waals surface area contributed by atoms with Crippen LogP contribution in [-0.4, -0.2) is 23.7 Å². The SMILES string of the molecule is Cl.Clc1ccc(NN=C2CCN(Cc3ccccc3)CC2)cc1. The van der Waals surface area contributed by atoms with Crippen molar-refractivity contribution in [3.05, 3.63) is 65.2 Å². The van der Waals surface area contributed by atoms with Crippen molar-refractivity contribution in [1.29, 1.82) is 0 Å². The fourth-order valence-electron chi connectivity index (χ4n) is 2.59. The van der Waals surface area contributed by atoms with E-state index in [0.717, 1.165) is 43.2 Å². The summed E-state index contributed by atoms with van der Waals surface area (Å²) in [6.07, 6.45) is 2.04. The molecule has 0 aromatic heterocycles. The van der Waals surface area contributed by atoms with Crippen molar-refractivity contribution >= 4 is 35.4 Å². The van der Waals surface area contributed by atoms with Crippen LogP contribution in [0.3, 0.4) is 0 Å². The number of nitrogens with one attached hydrogen (secondary N) is 1. The highest BCUT2D eigenvalue weighted by Crippen LogP contribution is 2.15. The molecule has 3 rings (SSSR count). The normalized spacial score (nSPS) is 14.9. The van der Waals surface area contributed by atoms with Crippen molar-refractivity contribution < 1.29 is 0 Å². The molecule has 0 unspecified atom stereocenters. The molecule has 1 N–H and O–H groups in total. The van der Waals surface area contributed by atoms with Gasteiger partial charge in [0.15, 0.2) is 0 Å². The number of piperidine rings is 1. The molecule has 0 atom stereocenters. The summed E-state index contributed by atoms with van der Waals surface area (Å²) in [4.78, 5) is 2.48. The third-order valence-electron chi connectivity index (χ3n) is 3.87. The second kappa shape index (κ2) is 8.92. The second-order valence-electron chi connectivity index (χ2n) is 5.56. The lowest BCUT2D eigenvalue weighted by molar-refractivity contribution is 0.266. The van der Waals surface area contributed by atoms with Crippen LogP contribution >= 0.6 is 24.0 Å². The van der Waals surface area contributed by atoms with Crippen molar-refractivity contribution in [2.24, 2.45) is 5.10 Å². The van der Waals surface area contributed by atoms with Gasteiger partial charge >= 0.3 is 0 Å². The Bertz CT molecular complexity index is 616. The number of anilines is 1. The molecule has 0 amide bonds. The number of hydrogen-bond donors (Lipinski definition) is 1. The molecular weight excluding hydrogens is 329 g/mol. The Morgan fingerprint density at radius 2 is 1.61 bits per heavy atom. The maximum Gasteiger partial charge on any atom is 0.0562 e. The van der Waals surface area contributed by atoms with Crippen molar-refractivity contribution in [1.82, 2.24) is 4.90 Å². The maximum absolute atomic E-state index is 5.87. The number of benzene rings is 2. The number of likely N-dealkylation sites (tertiary alicyclic amines) is 1. The van der Waals surface area contributed by atoms with Gasteiger partial charge in [-0.05, 0) is 29.8 Å². The van der Waals surface area contributed by atoms with Gasteiger partial charge in [0.2, 0.25) is 0 Å². The van der Waals surface area contributed by atoms with Gasteiger partial charge in [0.1, 0.15) is 0 Å². The summed E-state index contributed by atoms with van der Waals surface area (Å²) in [5.41, 5.74) is 6.70. The van der Waals surface area contributed by atoms with Crippen LogP contribution in [0.5, 0.6) is 0 Å². The first-order valence-corrected chi connectivity index (χ1v) is 8.01. The van der Waals surface area contributed by atoms with Gasteiger partial charge in [-0.25, -0.2) is 0 Å². The quantitative estimate of drug-likeness (QED) is 0.800. The topological polar surface area (TPSA) is 27.6 Å². The zero-order valence-electron chi connectivity index (χ0n) is 12.9. The van der Waals surface area contributed by atoms with E-state index in [0.29, 0.717) is 0 Å². The van der Waals surface area contributed by atoms with E-state index in [2.05, 4.69) is 45.8 Å². The van der Waals surface area contributed by atoms with Gasteiger partial charge in [0, 0.05) is 43.2 Å². The molecule has 0 saturated carbocycles. The van der Waals surface area contributed by atoms with Crippen LogP contribution in [0.4, 0.5) is 5.69 Å². The predicted molar refractivity (Wildman–Crippen MR) is 101 cm³/mol. The van der Waals surface area contributed by atoms with Gasteiger partial charge in [0.05, 0.1) is 5.69 Å². The summed E-state index contributed by atoms with van der Waals surface area (Å²) < 4.78 is 0. The largest absolute Gasteiger partial charge is 0.298 e. The predicted octanol–water partition coefficient (Wildman–Crippen LogP) is 4.83. The first kappa shape index (κ1) is 17.8. The van der Waals surface area contributed by atoms with Gasteiger partial charge in [0.25, 0.3) is 0 Å². The van der Waals surface area contributed by atoms with E-state index >= 15 is 0 Å². The minimum atomic E-state index is 0. The summed E-state index contributed by atoms with van der Waals surface area (Å²) in [6, 6.07) is 18.3. The zero-order valence-corrected chi connectivity index (χ0v) is 14.5. The highest BCUT2D eigenvalue weighted by Gasteiger charge is 2.15. The van der Waals surface area contributed by atoms with Gasteiger partial charge in [-0.1, -0.05) is 41.9 Å². The zero-order chi connectivity index (χ0) is 15.2. The highest BCUT2D eigenvalue weighted by atomic mass is 35.5. The number of hydrazone groups is 1. The molecule has 1 heterocycles. The molecule has 5 heteroatoms. The van der Waals surface area contributed by atoms with Gasteiger partial charge in [-0.3, -0.25) is 10.3 Å². The van der Waals surface area contributed by atoms with Crippen molar-refractivity contribution in [2.75, 3.05) is 18.5 Å². The molecule has 1 aliphatic heterocycles. The third kappa shape index (κ3) is 5.54. The molecule has 0 spiro atoms. The van der Waals surface area contributed by atoms with Crippen molar-refractivity contribution in [3.8, 4) is 0 Å². The lowest BCUT2D eigenvalue weighted by Crippen LogP contribution is -2.33. The average molecular weight is 350 g/mol. The minimum Gasteiger partial charge on any atom is -0.298 e. The van der Waals surface area contributed by atoms with E-state index in [1.165, 1.54) is 11.3 Å². The number of hydrogen-bond acceptors (Lipinski definition) is 3. The summed E-state index contributed by atoms with van der Waals surface area (Å²) in [6.45, 7) is 3.16. The lowest BCUT2D eigenvalue weighted by Gasteiger charge is -2.27. The van der Waals surface area contributed by atoms with Crippen molar-refractivity contribution in [3.63, 3.8) is 0 Å². The van der Waals surface area contributed by atoms with E-state index in [4.69, 9.17) is 11.6 Å². The smallest absolute Gasteiger partial charge is 0.0562 e. The number of nitrogens with zero attached hydrogens (tertiary/aromatic N) is 2. The van der Waals surface area contributed by atoms with Gasteiger partial charge in [-0.2, -0.15) is 5.10 Å². The Hall–Kier alpha value is -1.55. The average Bonchev–Trinajstić information content (AvgIpc) is 2.57. The Labute approximate surface area is 148 Å². The van der Waals surface area contributed by atoms with Crippen LogP contribution in [0.1, 0.15) is 18.4 Å². The van der Waals surface area contributed by atoms with Crippen LogP contribution in [0.2, 0.25) is 5.02 Å². The molecule has 3 nitrogen and oxygen atoms in total. The third-order valence-corrected chi connectivity index (χ3v) is 4.12. The first-order valence-electron chi connectivity index (χ1n) is 7.63. The molecule has 0 bridgehead atoms. The standard InChI is InChI=1S/C18H20ClN3.ClH/c19-16-6-8-17(9-7-16)20-21-18-10-12-22(13-11-18)14-15-4-2-1-3-5-15;/h1-9,20H,10-14H2;1H. The molecule has 2 aromatic rings. The molecular formula is C18H21Cl2N3. The Morgan fingerprint density at radius 3 is 2.26 bits per heavy atom. The molecule has 1 fully saturated rings. The van der Waals surface area contributed by atoms with Gasteiger partial charge in [-0.15, -0.1) is 12.4 Å². The molecule has 2 aromatic carbocycles. The Balaban J connectivity index is 0.00000192.